The number of carbonyl (C=O) groups is 2. The summed E-state index contributed by atoms with van der Waals surface area (Å²) in [4.78, 5) is 28.2. The number of halogens is 1. The molecule has 1 saturated carbocycles. The average molecular weight is 460 g/mol. The maximum Gasteiger partial charge on any atom is 0.407 e. The van der Waals surface area contributed by atoms with E-state index in [9.17, 15) is 14.0 Å². The van der Waals surface area contributed by atoms with Gasteiger partial charge in [-0.15, -0.1) is 10.2 Å². The Kier molecular flexibility index (Phi) is 7.29. The number of nitrogens with zero attached hydrogens (tertiary/aromatic N) is 3. The first kappa shape index (κ1) is 24.1. The van der Waals surface area contributed by atoms with E-state index < -0.39 is 23.4 Å². The number of rotatable bonds is 6. The van der Waals surface area contributed by atoms with E-state index in [0.717, 1.165) is 25.7 Å². The SMILES string of the molecule is Cc1nc(Nc2cc(NC3CCCCC3NC(=O)OC(C)(C)C)nnc2C(N)=O)ccc1F. The molecule has 2 amide bonds. The first-order chi connectivity index (χ1) is 15.5. The van der Waals surface area contributed by atoms with E-state index >= 15 is 0 Å². The molecule has 10 nitrogen and oxygen atoms in total. The maximum absolute atomic E-state index is 13.6. The molecule has 11 heteroatoms. The number of nitrogens with one attached hydrogen (secondary N) is 3. The zero-order valence-electron chi connectivity index (χ0n) is 19.2. The number of alkyl carbamates (subject to hydrolysis) is 1. The van der Waals surface area contributed by atoms with Crippen LogP contribution in [-0.4, -0.2) is 44.9 Å². The Balaban J connectivity index is 1.78. The summed E-state index contributed by atoms with van der Waals surface area (Å²) in [5.41, 5.74) is 5.27. The molecule has 2 atom stereocenters. The second-order valence-electron chi connectivity index (χ2n) is 9.03. The van der Waals surface area contributed by atoms with E-state index in [-0.39, 0.29) is 29.2 Å². The summed E-state index contributed by atoms with van der Waals surface area (Å²) in [6.45, 7) is 6.97. The number of primary amides is 1. The summed E-state index contributed by atoms with van der Waals surface area (Å²) in [5.74, 6) is -0.481. The molecule has 178 valence electrons. The van der Waals surface area contributed by atoms with Crippen LogP contribution in [0.1, 0.15) is 62.6 Å². The highest BCUT2D eigenvalue weighted by Crippen LogP contribution is 2.25. The molecule has 1 aliphatic carbocycles. The Morgan fingerprint density at radius 3 is 2.45 bits per heavy atom. The van der Waals surface area contributed by atoms with Gasteiger partial charge in [0.25, 0.3) is 5.91 Å². The van der Waals surface area contributed by atoms with Gasteiger partial charge in [-0.1, -0.05) is 12.8 Å². The second kappa shape index (κ2) is 9.97. The molecule has 5 N–H and O–H groups in total. The van der Waals surface area contributed by atoms with E-state index in [4.69, 9.17) is 10.5 Å². The van der Waals surface area contributed by atoms with Gasteiger partial charge in [0.1, 0.15) is 17.2 Å². The Morgan fingerprint density at radius 1 is 1.12 bits per heavy atom. The zero-order valence-corrected chi connectivity index (χ0v) is 19.2. The minimum Gasteiger partial charge on any atom is -0.444 e. The van der Waals surface area contributed by atoms with Crippen molar-refractivity contribution in [3.8, 4) is 0 Å². The normalized spacial score (nSPS) is 18.3. The van der Waals surface area contributed by atoms with Crippen molar-refractivity contribution >= 4 is 29.3 Å². The minimum atomic E-state index is -0.766. The monoisotopic (exact) mass is 459 g/mol. The van der Waals surface area contributed by atoms with E-state index in [1.54, 1.807) is 6.07 Å². The standard InChI is InChI=1S/C22H30FN7O3/c1-12-13(23)9-10-17(25-12)27-16-11-18(29-30-19(16)20(24)31)26-14-7-5-6-8-15(14)28-21(32)33-22(2,3)4/h9-11,14-15H,5-8H2,1-4H3,(H2,24,31)(H,28,32)(H2,25,26,27,29). The van der Waals surface area contributed by atoms with Gasteiger partial charge in [-0.3, -0.25) is 4.79 Å². The van der Waals surface area contributed by atoms with Gasteiger partial charge in [-0.25, -0.2) is 14.2 Å². The van der Waals surface area contributed by atoms with Crippen molar-refractivity contribution < 1.29 is 18.7 Å². The van der Waals surface area contributed by atoms with E-state index in [0.29, 0.717) is 11.6 Å². The molecule has 0 spiro atoms. The third-order valence-corrected chi connectivity index (χ3v) is 5.11. The number of hydrogen-bond donors (Lipinski definition) is 4. The van der Waals surface area contributed by atoms with Crippen LogP contribution in [0.2, 0.25) is 0 Å². The lowest BCUT2D eigenvalue weighted by molar-refractivity contribution is 0.0488. The first-order valence-corrected chi connectivity index (χ1v) is 10.9. The summed E-state index contributed by atoms with van der Waals surface area (Å²) in [6.07, 6.45) is 3.08. The van der Waals surface area contributed by atoms with E-state index in [2.05, 4.69) is 31.1 Å². The molecule has 2 aromatic rings. The fourth-order valence-corrected chi connectivity index (χ4v) is 3.62. The first-order valence-electron chi connectivity index (χ1n) is 10.9. The van der Waals surface area contributed by atoms with Crippen LogP contribution in [-0.2, 0) is 4.74 Å². The number of hydrogen-bond acceptors (Lipinski definition) is 8. The fraction of sp³-hybridized carbons (Fsp3) is 0.500. The molecular weight excluding hydrogens is 429 g/mol. The van der Waals surface area contributed by atoms with Crippen molar-refractivity contribution in [3.05, 3.63) is 35.4 Å². The second-order valence-corrected chi connectivity index (χ2v) is 9.03. The third-order valence-electron chi connectivity index (χ3n) is 5.11. The molecular formula is C22H30FN7O3. The lowest BCUT2D eigenvalue weighted by Gasteiger charge is -2.33. The Bertz CT molecular complexity index is 1030. The number of amides is 2. The summed E-state index contributed by atoms with van der Waals surface area (Å²) >= 11 is 0. The number of nitrogens with two attached hydrogens (primary N) is 1. The van der Waals surface area contributed by atoms with Crippen molar-refractivity contribution in [1.82, 2.24) is 20.5 Å². The zero-order chi connectivity index (χ0) is 24.2. The number of aromatic nitrogens is 3. The van der Waals surface area contributed by atoms with Gasteiger partial charge < -0.3 is 26.4 Å². The number of pyridine rings is 1. The van der Waals surface area contributed by atoms with Gasteiger partial charge in [0.2, 0.25) is 0 Å². The van der Waals surface area contributed by atoms with Crippen LogP contribution in [0.3, 0.4) is 0 Å². The predicted molar refractivity (Wildman–Crippen MR) is 122 cm³/mol. The van der Waals surface area contributed by atoms with Gasteiger partial charge in [0.15, 0.2) is 11.5 Å². The molecule has 2 unspecified atom stereocenters. The van der Waals surface area contributed by atoms with E-state index in [1.807, 2.05) is 20.8 Å². The molecule has 0 radical (unpaired) electrons. The fourth-order valence-electron chi connectivity index (χ4n) is 3.62. The summed E-state index contributed by atoms with van der Waals surface area (Å²) in [5, 5.41) is 17.2. The molecule has 0 aromatic carbocycles. The molecule has 2 heterocycles. The van der Waals surface area contributed by atoms with Crippen molar-refractivity contribution in [3.63, 3.8) is 0 Å². The highest BCUT2D eigenvalue weighted by atomic mass is 19.1. The van der Waals surface area contributed by atoms with Crippen LogP contribution < -0.4 is 21.7 Å². The van der Waals surface area contributed by atoms with Gasteiger partial charge >= 0.3 is 6.09 Å². The number of carbonyl (C=O) groups excluding carboxylic acids is 2. The van der Waals surface area contributed by atoms with Crippen LogP contribution in [0, 0.1) is 12.7 Å². The summed E-state index contributed by atoms with van der Waals surface area (Å²) in [6, 6.07) is 4.04. The summed E-state index contributed by atoms with van der Waals surface area (Å²) < 4.78 is 18.9. The molecule has 3 rings (SSSR count). The number of aryl methyl sites for hydroxylation is 1. The van der Waals surface area contributed by atoms with Gasteiger partial charge in [-0.2, -0.15) is 0 Å². The number of ether oxygens (including phenoxy) is 1. The lowest BCUT2D eigenvalue weighted by atomic mass is 9.90. The highest BCUT2D eigenvalue weighted by Gasteiger charge is 2.29. The summed E-state index contributed by atoms with van der Waals surface area (Å²) in [7, 11) is 0. The van der Waals surface area contributed by atoms with Crippen LogP contribution in [0.25, 0.3) is 0 Å². The lowest BCUT2D eigenvalue weighted by Crippen LogP contribution is -2.49. The molecule has 1 aliphatic rings. The van der Waals surface area contributed by atoms with Crippen molar-refractivity contribution in [1.29, 1.82) is 0 Å². The van der Waals surface area contributed by atoms with Crippen molar-refractivity contribution in [2.45, 2.75) is 71.1 Å². The van der Waals surface area contributed by atoms with Crippen molar-refractivity contribution in [2.24, 2.45) is 5.73 Å². The predicted octanol–water partition coefficient (Wildman–Crippen LogP) is 3.41. The largest absolute Gasteiger partial charge is 0.444 e. The highest BCUT2D eigenvalue weighted by molar-refractivity contribution is 5.97. The molecule has 2 aromatic heterocycles. The minimum absolute atomic E-state index is 0.0728. The molecule has 33 heavy (non-hydrogen) atoms. The molecule has 0 saturated heterocycles. The Hall–Kier alpha value is -3.50. The van der Waals surface area contributed by atoms with Gasteiger partial charge in [0.05, 0.1) is 17.4 Å². The molecule has 0 bridgehead atoms. The van der Waals surface area contributed by atoms with Crippen molar-refractivity contribution in [2.75, 3.05) is 10.6 Å². The average Bonchev–Trinajstić information content (AvgIpc) is 2.71. The van der Waals surface area contributed by atoms with Gasteiger partial charge in [0, 0.05) is 12.1 Å². The molecule has 1 fully saturated rings. The smallest absolute Gasteiger partial charge is 0.407 e. The van der Waals surface area contributed by atoms with Crippen LogP contribution >= 0.6 is 0 Å². The topological polar surface area (TPSA) is 144 Å². The van der Waals surface area contributed by atoms with Gasteiger partial charge in [-0.05, 0) is 52.7 Å². The van der Waals surface area contributed by atoms with Crippen LogP contribution in [0.4, 0.5) is 26.5 Å². The maximum atomic E-state index is 13.6. The third kappa shape index (κ3) is 6.74. The van der Waals surface area contributed by atoms with E-state index in [1.165, 1.54) is 19.1 Å². The Labute approximate surface area is 191 Å². The van der Waals surface area contributed by atoms with Crippen LogP contribution in [0.15, 0.2) is 18.2 Å². The Morgan fingerprint density at radius 2 is 1.82 bits per heavy atom. The number of anilines is 3. The molecule has 0 aliphatic heterocycles. The van der Waals surface area contributed by atoms with Crippen LogP contribution in [0.5, 0.6) is 0 Å². The quantitative estimate of drug-likeness (QED) is 0.514.